The number of benzene rings is 3. The van der Waals surface area contributed by atoms with Crippen LogP contribution < -0.4 is 4.90 Å². The number of likely N-dealkylation sites (tertiary alicyclic amines) is 1. The maximum atomic E-state index is 13.8. The number of alkyl halides is 3. The molecule has 0 saturated carbocycles. The van der Waals surface area contributed by atoms with Gasteiger partial charge in [-0.2, -0.15) is 13.2 Å². The van der Waals surface area contributed by atoms with E-state index >= 15 is 0 Å². The van der Waals surface area contributed by atoms with Gasteiger partial charge in [0.25, 0.3) is 0 Å². The zero-order valence-corrected chi connectivity index (χ0v) is 24.3. The third kappa shape index (κ3) is 6.97. The number of amides is 2. The lowest BCUT2D eigenvalue weighted by atomic mass is 10.0. The van der Waals surface area contributed by atoms with E-state index in [-0.39, 0.29) is 12.1 Å². The molecule has 0 unspecified atom stereocenters. The minimum atomic E-state index is -4.37. The number of halogens is 4. The molecular weight excluding hydrogens is 563 g/mol. The van der Waals surface area contributed by atoms with Gasteiger partial charge in [-0.15, -0.1) is 0 Å². The summed E-state index contributed by atoms with van der Waals surface area (Å²) in [6.45, 7) is 4.63. The molecule has 0 atom stereocenters. The van der Waals surface area contributed by atoms with Crippen molar-refractivity contribution in [1.82, 2.24) is 19.8 Å². The molecule has 1 saturated heterocycles. The number of imidazole rings is 1. The Bertz CT molecular complexity index is 1480. The van der Waals surface area contributed by atoms with Gasteiger partial charge in [0.2, 0.25) is 0 Å². The summed E-state index contributed by atoms with van der Waals surface area (Å²) in [4.78, 5) is 27.7. The van der Waals surface area contributed by atoms with Crippen LogP contribution in [0.3, 0.4) is 0 Å². The van der Waals surface area contributed by atoms with Gasteiger partial charge in [0.1, 0.15) is 5.82 Å². The van der Waals surface area contributed by atoms with Crippen molar-refractivity contribution < 1.29 is 18.0 Å². The van der Waals surface area contributed by atoms with Crippen LogP contribution in [0.5, 0.6) is 0 Å². The number of carbonyl (C=O) groups is 1. The number of carbonyl (C=O) groups excluding carboxylic acids is 1. The SMILES string of the molecule is Cc1[nH]c(-c2ccc(C(F)(F)F)cc2)nc1CN1CCC(N(Cc2ccccc2)C(=O)N(C)c2ccc(Cl)cc2)CC1. The lowest BCUT2D eigenvalue weighted by molar-refractivity contribution is -0.137. The molecule has 0 aliphatic carbocycles. The van der Waals surface area contributed by atoms with Crippen molar-refractivity contribution in [2.45, 2.75) is 45.1 Å². The molecule has 220 valence electrons. The number of hydrogen-bond donors (Lipinski definition) is 1. The second-order valence-corrected chi connectivity index (χ2v) is 11.1. The second kappa shape index (κ2) is 12.6. The van der Waals surface area contributed by atoms with E-state index in [1.807, 2.05) is 54.3 Å². The van der Waals surface area contributed by atoms with Gasteiger partial charge in [0.15, 0.2) is 0 Å². The van der Waals surface area contributed by atoms with Crippen LogP contribution in [0, 0.1) is 6.92 Å². The lowest BCUT2D eigenvalue weighted by Gasteiger charge is -2.40. The fourth-order valence-corrected chi connectivity index (χ4v) is 5.43. The summed E-state index contributed by atoms with van der Waals surface area (Å²) in [6.07, 6.45) is -2.76. The summed E-state index contributed by atoms with van der Waals surface area (Å²) in [5.41, 5.74) is 3.52. The molecule has 0 radical (unpaired) electrons. The molecule has 2 heterocycles. The van der Waals surface area contributed by atoms with Crippen molar-refractivity contribution in [2.75, 3.05) is 25.0 Å². The number of aromatic nitrogens is 2. The molecule has 4 aromatic rings. The van der Waals surface area contributed by atoms with Gasteiger partial charge in [0, 0.05) is 61.2 Å². The van der Waals surface area contributed by atoms with Crippen molar-refractivity contribution in [3.63, 3.8) is 0 Å². The Kier molecular flexibility index (Phi) is 8.89. The first-order chi connectivity index (χ1) is 20.1. The molecule has 3 aromatic carbocycles. The van der Waals surface area contributed by atoms with Crippen LogP contribution in [-0.4, -0.2) is 52.0 Å². The maximum Gasteiger partial charge on any atom is 0.416 e. The Labute approximate surface area is 248 Å². The number of urea groups is 1. The number of nitrogens with zero attached hydrogens (tertiary/aromatic N) is 4. The summed E-state index contributed by atoms with van der Waals surface area (Å²) in [6, 6.07) is 22.3. The van der Waals surface area contributed by atoms with Crippen molar-refractivity contribution in [1.29, 1.82) is 0 Å². The largest absolute Gasteiger partial charge is 0.416 e. The second-order valence-electron chi connectivity index (χ2n) is 10.7. The average molecular weight is 596 g/mol. The third-order valence-corrected chi connectivity index (χ3v) is 8.04. The van der Waals surface area contributed by atoms with Gasteiger partial charge in [0.05, 0.1) is 11.3 Å². The van der Waals surface area contributed by atoms with Crippen molar-refractivity contribution in [3.05, 3.63) is 106 Å². The van der Waals surface area contributed by atoms with Crippen LogP contribution in [0.2, 0.25) is 5.02 Å². The molecule has 1 aromatic heterocycles. The third-order valence-electron chi connectivity index (χ3n) is 7.78. The quantitative estimate of drug-likeness (QED) is 0.237. The molecule has 1 aliphatic rings. The van der Waals surface area contributed by atoms with Gasteiger partial charge >= 0.3 is 12.2 Å². The maximum absolute atomic E-state index is 13.8. The standard InChI is InChI=1S/C32H33ClF3N5O/c1-22-29(38-30(37-22)24-8-10-25(11-9-24)32(34,35)36)21-40-18-16-28(17-19-40)41(20-23-6-4-3-5-7-23)31(42)39(2)27-14-12-26(33)13-15-27/h3-15,28H,16-21H2,1-2H3,(H,37,38). The van der Waals surface area contributed by atoms with E-state index in [9.17, 15) is 18.0 Å². The first-order valence-corrected chi connectivity index (χ1v) is 14.3. The van der Waals surface area contributed by atoms with Crippen LogP contribution in [-0.2, 0) is 19.3 Å². The van der Waals surface area contributed by atoms with Crippen LogP contribution >= 0.6 is 11.6 Å². The highest BCUT2D eigenvalue weighted by Crippen LogP contribution is 2.31. The Hall–Kier alpha value is -3.82. The summed E-state index contributed by atoms with van der Waals surface area (Å²) >= 11 is 6.06. The summed E-state index contributed by atoms with van der Waals surface area (Å²) < 4.78 is 38.9. The topological polar surface area (TPSA) is 55.5 Å². The molecular formula is C32H33ClF3N5O. The summed E-state index contributed by atoms with van der Waals surface area (Å²) in [5.74, 6) is 0.552. The molecule has 0 spiro atoms. The van der Waals surface area contributed by atoms with Crippen LogP contribution in [0.4, 0.5) is 23.7 Å². The van der Waals surface area contributed by atoms with E-state index in [1.165, 1.54) is 12.1 Å². The van der Waals surface area contributed by atoms with Gasteiger partial charge < -0.3 is 9.88 Å². The predicted molar refractivity (Wildman–Crippen MR) is 159 cm³/mol. The fourth-order valence-electron chi connectivity index (χ4n) is 5.31. The van der Waals surface area contributed by atoms with Gasteiger partial charge in [-0.05, 0) is 61.7 Å². The molecule has 1 fully saturated rings. The Morgan fingerprint density at radius 2 is 1.64 bits per heavy atom. The molecule has 6 nitrogen and oxygen atoms in total. The van der Waals surface area contributed by atoms with E-state index in [2.05, 4.69) is 9.88 Å². The molecule has 5 rings (SSSR count). The number of nitrogens with one attached hydrogen (secondary N) is 1. The normalized spacial score (nSPS) is 14.6. The smallest absolute Gasteiger partial charge is 0.342 e. The van der Waals surface area contributed by atoms with E-state index < -0.39 is 11.7 Å². The molecule has 0 bridgehead atoms. The van der Waals surface area contributed by atoms with Crippen molar-refractivity contribution in [3.8, 4) is 11.4 Å². The lowest BCUT2D eigenvalue weighted by Crippen LogP contribution is -2.50. The first kappa shape index (κ1) is 29.7. The van der Waals surface area contributed by atoms with E-state index in [0.717, 1.165) is 60.7 Å². The number of rotatable bonds is 7. The zero-order chi connectivity index (χ0) is 29.9. The molecule has 1 N–H and O–H groups in total. The number of H-pyrrole nitrogens is 1. The number of anilines is 1. The minimum Gasteiger partial charge on any atom is -0.342 e. The summed E-state index contributed by atoms with van der Waals surface area (Å²) in [5, 5.41) is 0.617. The predicted octanol–water partition coefficient (Wildman–Crippen LogP) is 7.78. The van der Waals surface area contributed by atoms with Crippen LogP contribution in [0.15, 0.2) is 78.9 Å². The average Bonchev–Trinajstić information content (AvgIpc) is 3.36. The molecule has 2 amide bonds. The number of aromatic amines is 1. The minimum absolute atomic E-state index is 0.0618. The Balaban J connectivity index is 1.25. The van der Waals surface area contributed by atoms with Crippen LogP contribution in [0.25, 0.3) is 11.4 Å². The van der Waals surface area contributed by atoms with E-state index in [1.54, 1.807) is 24.1 Å². The van der Waals surface area contributed by atoms with E-state index in [4.69, 9.17) is 16.6 Å². The van der Waals surface area contributed by atoms with E-state index in [0.29, 0.717) is 29.5 Å². The number of piperidine rings is 1. The monoisotopic (exact) mass is 595 g/mol. The number of aryl methyl sites for hydroxylation is 1. The summed E-state index contributed by atoms with van der Waals surface area (Å²) in [7, 11) is 1.79. The van der Waals surface area contributed by atoms with Gasteiger partial charge in [-0.3, -0.25) is 9.80 Å². The van der Waals surface area contributed by atoms with Gasteiger partial charge in [-0.1, -0.05) is 54.1 Å². The van der Waals surface area contributed by atoms with Crippen LogP contribution in [0.1, 0.15) is 35.4 Å². The van der Waals surface area contributed by atoms with Gasteiger partial charge in [-0.25, -0.2) is 9.78 Å². The highest BCUT2D eigenvalue weighted by molar-refractivity contribution is 6.30. The highest BCUT2D eigenvalue weighted by atomic mass is 35.5. The molecule has 10 heteroatoms. The molecule has 42 heavy (non-hydrogen) atoms. The fraction of sp³-hybridized carbons (Fsp3) is 0.312. The highest BCUT2D eigenvalue weighted by Gasteiger charge is 2.32. The zero-order valence-electron chi connectivity index (χ0n) is 23.5. The number of hydrogen-bond acceptors (Lipinski definition) is 3. The van der Waals surface area contributed by atoms with Crippen molar-refractivity contribution in [2.24, 2.45) is 0 Å². The molecule has 1 aliphatic heterocycles. The first-order valence-electron chi connectivity index (χ1n) is 13.9. The van der Waals surface area contributed by atoms with Crippen molar-refractivity contribution >= 4 is 23.3 Å². The Morgan fingerprint density at radius 1 is 1.00 bits per heavy atom. The Morgan fingerprint density at radius 3 is 2.26 bits per heavy atom.